The van der Waals surface area contributed by atoms with Gasteiger partial charge in [-0.2, -0.15) is 0 Å². The first-order valence-electron chi connectivity index (χ1n) is 5.84. The number of halogens is 2. The average molecular weight is 339 g/mol. The summed E-state index contributed by atoms with van der Waals surface area (Å²) in [7, 11) is 1.57. The first kappa shape index (κ1) is 14.5. The molecule has 0 radical (unpaired) electrons. The van der Waals surface area contributed by atoms with E-state index in [1.807, 2.05) is 18.2 Å². The molecule has 0 saturated heterocycles. The fraction of sp³-hybridized carbons (Fsp3) is 0.133. The summed E-state index contributed by atoms with van der Waals surface area (Å²) in [5, 5.41) is 0. The van der Waals surface area contributed by atoms with E-state index in [2.05, 4.69) is 15.9 Å². The second-order valence-electron chi connectivity index (χ2n) is 4.04. The van der Waals surface area contributed by atoms with Gasteiger partial charge in [0.1, 0.15) is 23.9 Å². The Morgan fingerprint density at radius 1 is 1.20 bits per heavy atom. The maximum Gasteiger partial charge on any atom is 0.153 e. The molecule has 0 aliphatic rings. The van der Waals surface area contributed by atoms with E-state index in [4.69, 9.17) is 9.47 Å². The molecule has 5 heteroatoms. The Balaban J connectivity index is 2.20. The summed E-state index contributed by atoms with van der Waals surface area (Å²) < 4.78 is 24.7. The minimum Gasteiger partial charge on any atom is -0.496 e. The first-order valence-corrected chi connectivity index (χ1v) is 6.63. The zero-order chi connectivity index (χ0) is 14.5. The summed E-state index contributed by atoms with van der Waals surface area (Å²) in [5.41, 5.74) is 1.00. The SMILES string of the molecule is COc1ccc(Br)cc1COc1ccc(F)cc1C=O. The molecule has 20 heavy (non-hydrogen) atoms. The van der Waals surface area contributed by atoms with Crippen LogP contribution in [0.25, 0.3) is 0 Å². The van der Waals surface area contributed by atoms with Crippen LogP contribution in [0.1, 0.15) is 15.9 Å². The van der Waals surface area contributed by atoms with Crippen molar-refractivity contribution in [3.63, 3.8) is 0 Å². The van der Waals surface area contributed by atoms with Gasteiger partial charge in [-0.1, -0.05) is 15.9 Å². The van der Waals surface area contributed by atoms with E-state index in [0.29, 0.717) is 17.8 Å². The second kappa shape index (κ2) is 6.52. The third-order valence-electron chi connectivity index (χ3n) is 2.72. The Kier molecular flexibility index (Phi) is 4.74. The summed E-state index contributed by atoms with van der Waals surface area (Å²) in [6.45, 7) is 0.217. The van der Waals surface area contributed by atoms with Gasteiger partial charge >= 0.3 is 0 Å². The van der Waals surface area contributed by atoms with Crippen LogP contribution in [0.4, 0.5) is 4.39 Å². The predicted molar refractivity (Wildman–Crippen MR) is 76.8 cm³/mol. The largest absolute Gasteiger partial charge is 0.496 e. The molecule has 0 heterocycles. The lowest BCUT2D eigenvalue weighted by atomic mass is 10.2. The molecule has 0 aromatic heterocycles. The maximum absolute atomic E-state index is 13.0. The lowest BCUT2D eigenvalue weighted by Gasteiger charge is -2.12. The molecule has 0 aliphatic carbocycles. The molecule has 0 amide bonds. The monoisotopic (exact) mass is 338 g/mol. The molecule has 0 aliphatic heterocycles. The van der Waals surface area contributed by atoms with E-state index in [1.54, 1.807) is 7.11 Å². The van der Waals surface area contributed by atoms with Crippen molar-refractivity contribution in [2.45, 2.75) is 6.61 Å². The van der Waals surface area contributed by atoms with Crippen molar-refractivity contribution in [3.05, 3.63) is 57.8 Å². The lowest BCUT2D eigenvalue weighted by molar-refractivity contribution is 0.111. The molecule has 0 N–H and O–H groups in total. The number of hydrogen-bond donors (Lipinski definition) is 0. The molecule has 0 spiro atoms. The standard InChI is InChI=1S/C15H12BrFO3/c1-19-14-4-2-12(16)6-11(14)9-20-15-5-3-13(17)7-10(15)8-18/h2-8H,9H2,1H3. The number of carbonyl (C=O) groups excluding carboxylic acids is 1. The maximum atomic E-state index is 13.0. The van der Waals surface area contributed by atoms with Crippen LogP contribution >= 0.6 is 15.9 Å². The average Bonchev–Trinajstić information content (AvgIpc) is 2.46. The Bertz CT molecular complexity index is 629. The van der Waals surface area contributed by atoms with Gasteiger partial charge in [0.15, 0.2) is 6.29 Å². The van der Waals surface area contributed by atoms with Crippen molar-refractivity contribution in [2.24, 2.45) is 0 Å². The van der Waals surface area contributed by atoms with Crippen molar-refractivity contribution in [1.29, 1.82) is 0 Å². The third kappa shape index (κ3) is 3.36. The molecular weight excluding hydrogens is 327 g/mol. The topological polar surface area (TPSA) is 35.5 Å². The minimum absolute atomic E-state index is 0.180. The highest BCUT2D eigenvalue weighted by atomic mass is 79.9. The highest BCUT2D eigenvalue weighted by molar-refractivity contribution is 9.10. The third-order valence-corrected chi connectivity index (χ3v) is 3.22. The molecule has 3 nitrogen and oxygen atoms in total. The summed E-state index contributed by atoms with van der Waals surface area (Å²) in [4.78, 5) is 10.9. The van der Waals surface area contributed by atoms with Gasteiger partial charge in [-0.25, -0.2) is 4.39 Å². The van der Waals surface area contributed by atoms with Gasteiger partial charge in [0.2, 0.25) is 0 Å². The molecule has 2 aromatic carbocycles. The minimum atomic E-state index is -0.473. The molecule has 0 bridgehead atoms. The lowest BCUT2D eigenvalue weighted by Crippen LogP contribution is -2.01. The zero-order valence-electron chi connectivity index (χ0n) is 10.7. The highest BCUT2D eigenvalue weighted by Crippen LogP contribution is 2.25. The number of rotatable bonds is 5. The van der Waals surface area contributed by atoms with Gasteiger partial charge in [0, 0.05) is 10.0 Å². The van der Waals surface area contributed by atoms with E-state index in [0.717, 1.165) is 16.1 Å². The van der Waals surface area contributed by atoms with Crippen molar-refractivity contribution in [1.82, 2.24) is 0 Å². The molecule has 0 fully saturated rings. The van der Waals surface area contributed by atoms with E-state index < -0.39 is 5.82 Å². The number of methoxy groups -OCH3 is 1. The molecule has 2 aromatic rings. The number of benzene rings is 2. The summed E-state index contributed by atoms with van der Waals surface area (Å²) in [6, 6.07) is 9.36. The van der Waals surface area contributed by atoms with Crippen LogP contribution in [0.3, 0.4) is 0 Å². The fourth-order valence-corrected chi connectivity index (χ4v) is 2.17. The molecule has 104 valence electrons. The molecular formula is C15H12BrFO3. The smallest absolute Gasteiger partial charge is 0.153 e. The van der Waals surface area contributed by atoms with Crippen molar-refractivity contribution >= 4 is 22.2 Å². The molecule has 0 saturated carbocycles. The zero-order valence-corrected chi connectivity index (χ0v) is 12.3. The van der Waals surface area contributed by atoms with Gasteiger partial charge in [-0.05, 0) is 36.4 Å². The van der Waals surface area contributed by atoms with E-state index in [-0.39, 0.29) is 12.2 Å². The van der Waals surface area contributed by atoms with E-state index in [1.165, 1.54) is 12.1 Å². The Hall–Kier alpha value is -1.88. The van der Waals surface area contributed by atoms with Gasteiger partial charge in [-0.3, -0.25) is 4.79 Å². The fourth-order valence-electron chi connectivity index (χ4n) is 1.76. The van der Waals surface area contributed by atoms with Crippen molar-refractivity contribution < 1.29 is 18.7 Å². The first-order chi connectivity index (χ1) is 9.63. The number of hydrogen-bond acceptors (Lipinski definition) is 3. The van der Waals surface area contributed by atoms with Crippen LogP contribution in [-0.2, 0) is 6.61 Å². The van der Waals surface area contributed by atoms with Gasteiger partial charge in [0.05, 0.1) is 12.7 Å². The number of aldehydes is 1. The molecule has 0 atom stereocenters. The number of carbonyl (C=O) groups is 1. The Morgan fingerprint density at radius 3 is 2.65 bits per heavy atom. The van der Waals surface area contributed by atoms with Crippen LogP contribution in [0.15, 0.2) is 40.9 Å². The van der Waals surface area contributed by atoms with E-state index >= 15 is 0 Å². The predicted octanol–water partition coefficient (Wildman–Crippen LogP) is 3.99. The van der Waals surface area contributed by atoms with Gasteiger partial charge < -0.3 is 9.47 Å². The Labute approximate surface area is 124 Å². The van der Waals surface area contributed by atoms with Crippen LogP contribution in [0.5, 0.6) is 11.5 Å². The molecule has 0 unspecified atom stereocenters. The second-order valence-corrected chi connectivity index (χ2v) is 4.96. The quantitative estimate of drug-likeness (QED) is 0.773. The van der Waals surface area contributed by atoms with Crippen LogP contribution in [0, 0.1) is 5.82 Å². The van der Waals surface area contributed by atoms with Crippen molar-refractivity contribution in [3.8, 4) is 11.5 Å². The summed E-state index contributed by atoms with van der Waals surface area (Å²) in [6.07, 6.45) is 0.566. The highest BCUT2D eigenvalue weighted by Gasteiger charge is 2.08. The van der Waals surface area contributed by atoms with Gasteiger partial charge in [-0.15, -0.1) is 0 Å². The Morgan fingerprint density at radius 2 is 1.95 bits per heavy atom. The molecule has 2 rings (SSSR count). The summed E-state index contributed by atoms with van der Waals surface area (Å²) >= 11 is 3.37. The van der Waals surface area contributed by atoms with Crippen molar-refractivity contribution in [2.75, 3.05) is 7.11 Å². The van der Waals surface area contributed by atoms with Crippen LogP contribution in [0.2, 0.25) is 0 Å². The van der Waals surface area contributed by atoms with E-state index in [9.17, 15) is 9.18 Å². The van der Waals surface area contributed by atoms with Crippen LogP contribution in [-0.4, -0.2) is 13.4 Å². The normalized spacial score (nSPS) is 10.2. The van der Waals surface area contributed by atoms with Crippen LogP contribution < -0.4 is 9.47 Å². The number of ether oxygens (including phenoxy) is 2. The van der Waals surface area contributed by atoms with Gasteiger partial charge in [0.25, 0.3) is 0 Å². The summed E-state index contributed by atoms with van der Waals surface area (Å²) in [5.74, 6) is 0.547.